The number of hydrogen-bond donors (Lipinski definition) is 1. The fourth-order valence-corrected chi connectivity index (χ4v) is 4.30. The third kappa shape index (κ3) is 5.93. The van der Waals surface area contributed by atoms with Crippen molar-refractivity contribution in [2.24, 2.45) is 10.1 Å². The van der Waals surface area contributed by atoms with Crippen LogP contribution in [-0.4, -0.2) is 64.0 Å². The number of thiazole rings is 1. The Labute approximate surface area is 171 Å². The minimum atomic E-state index is -3.95. The highest BCUT2D eigenvalue weighted by molar-refractivity contribution is 7.89. The van der Waals surface area contributed by atoms with Gasteiger partial charge < -0.3 is 9.30 Å². The number of rotatable bonds is 7. The molecule has 2 aromatic rings. The van der Waals surface area contributed by atoms with Crippen molar-refractivity contribution in [2.45, 2.75) is 18.4 Å². The fraction of sp³-hybridized carbons (Fsp3) is 0.400. The number of nitrogens with zero attached hydrogens (tertiary/aromatic N) is 3. The van der Waals surface area contributed by atoms with Crippen molar-refractivity contribution in [1.29, 1.82) is 0 Å². The number of aromatic nitrogens is 1. The summed E-state index contributed by atoms with van der Waals surface area (Å²) < 4.78 is 53.7. The van der Waals surface area contributed by atoms with E-state index in [0.29, 0.717) is 10.2 Å². The zero-order chi connectivity index (χ0) is 22.0. The molecule has 11 nitrogen and oxygen atoms in total. The molecule has 0 radical (unpaired) electrons. The van der Waals surface area contributed by atoms with Gasteiger partial charge in [0.25, 0.3) is 5.91 Å². The number of nitrogens with two attached hydrogens (primary N) is 1. The molecule has 0 spiro atoms. The number of amides is 1. The Kier molecular flexibility index (Phi) is 6.95. The molecule has 0 aliphatic heterocycles. The number of benzene rings is 1. The zero-order valence-corrected chi connectivity index (χ0v) is 18.3. The van der Waals surface area contributed by atoms with Crippen molar-refractivity contribution >= 4 is 53.5 Å². The lowest BCUT2D eigenvalue weighted by molar-refractivity contribution is -0.143. The van der Waals surface area contributed by atoms with Gasteiger partial charge in [-0.2, -0.15) is 9.30 Å². The van der Waals surface area contributed by atoms with E-state index >= 15 is 0 Å². The normalized spacial score (nSPS) is 13.2. The van der Waals surface area contributed by atoms with Gasteiger partial charge in [-0.05, 0) is 25.1 Å². The summed E-state index contributed by atoms with van der Waals surface area (Å²) >= 11 is 0.957. The molecule has 2 N–H and O–H groups in total. The number of fused-ring (bicyclic) bond motifs is 1. The van der Waals surface area contributed by atoms with E-state index in [0.717, 1.165) is 21.9 Å². The molecule has 0 aliphatic carbocycles. The number of ether oxygens (including phenoxy) is 1. The molecule has 1 amide bonds. The number of carbonyl (C=O) groups is 2. The first-order chi connectivity index (χ1) is 13.3. The van der Waals surface area contributed by atoms with Crippen molar-refractivity contribution in [1.82, 2.24) is 8.87 Å². The third-order valence-electron chi connectivity index (χ3n) is 3.72. The molecule has 2 rings (SSSR count). The molecule has 1 aromatic carbocycles. The van der Waals surface area contributed by atoms with Gasteiger partial charge in [-0.3, -0.25) is 9.59 Å². The van der Waals surface area contributed by atoms with Gasteiger partial charge >= 0.3 is 5.97 Å². The molecular formula is C15H20N4O7S3. The van der Waals surface area contributed by atoms with E-state index in [1.165, 1.54) is 29.8 Å². The van der Waals surface area contributed by atoms with E-state index in [9.17, 15) is 26.4 Å². The van der Waals surface area contributed by atoms with Crippen molar-refractivity contribution in [3.05, 3.63) is 23.0 Å². The topological polar surface area (TPSA) is 158 Å². The first kappa shape index (κ1) is 23.2. The molecule has 14 heteroatoms. The second-order valence-corrected chi connectivity index (χ2v) is 10.6. The molecule has 0 aliphatic rings. The summed E-state index contributed by atoms with van der Waals surface area (Å²) in [4.78, 5) is 28.0. The third-order valence-corrected chi connectivity index (χ3v) is 6.93. The van der Waals surface area contributed by atoms with Crippen LogP contribution >= 0.6 is 11.3 Å². The van der Waals surface area contributed by atoms with Crippen LogP contribution in [0.25, 0.3) is 10.2 Å². The van der Waals surface area contributed by atoms with Gasteiger partial charge in [0.2, 0.25) is 20.0 Å². The number of hydrogen-bond acceptors (Lipinski definition) is 8. The van der Waals surface area contributed by atoms with Crippen molar-refractivity contribution in [3.63, 3.8) is 0 Å². The van der Waals surface area contributed by atoms with Crippen LogP contribution in [0.4, 0.5) is 0 Å². The highest BCUT2D eigenvalue weighted by Gasteiger charge is 2.18. The van der Waals surface area contributed by atoms with E-state index in [1.54, 1.807) is 6.92 Å². The molecule has 0 unspecified atom stereocenters. The lowest BCUT2D eigenvalue weighted by Crippen LogP contribution is -2.32. The van der Waals surface area contributed by atoms with E-state index in [4.69, 9.17) is 9.88 Å². The van der Waals surface area contributed by atoms with E-state index in [1.807, 2.05) is 0 Å². The Morgan fingerprint density at radius 2 is 1.93 bits per heavy atom. The number of sulfonamides is 2. The summed E-state index contributed by atoms with van der Waals surface area (Å²) in [7, 11) is -6.29. The van der Waals surface area contributed by atoms with Crippen LogP contribution in [0.5, 0.6) is 0 Å². The molecular weight excluding hydrogens is 444 g/mol. The number of esters is 1. The SMILES string of the molecule is CCOC(=O)Cn1c(=NC(=O)CN(C)S(C)(=O)=O)sc2cc(S(N)(=O)=O)ccc21. The van der Waals surface area contributed by atoms with Crippen LogP contribution in [0.3, 0.4) is 0 Å². The van der Waals surface area contributed by atoms with Gasteiger partial charge in [0.05, 0.1) is 34.5 Å². The van der Waals surface area contributed by atoms with E-state index in [-0.39, 0.29) is 22.8 Å². The molecule has 160 valence electrons. The smallest absolute Gasteiger partial charge is 0.326 e. The summed E-state index contributed by atoms with van der Waals surface area (Å²) in [6.45, 7) is 1.04. The number of carbonyl (C=O) groups excluding carboxylic acids is 2. The molecule has 0 atom stereocenters. The molecule has 29 heavy (non-hydrogen) atoms. The van der Waals surface area contributed by atoms with Crippen LogP contribution in [0.1, 0.15) is 6.92 Å². The first-order valence-electron chi connectivity index (χ1n) is 8.13. The van der Waals surface area contributed by atoms with Crippen LogP contribution < -0.4 is 9.94 Å². The Morgan fingerprint density at radius 1 is 1.28 bits per heavy atom. The van der Waals surface area contributed by atoms with Crippen molar-refractivity contribution < 1.29 is 31.2 Å². The maximum Gasteiger partial charge on any atom is 0.326 e. The average Bonchev–Trinajstić information content (AvgIpc) is 2.89. The standard InChI is InChI=1S/C15H20N4O7S3/c1-4-26-14(21)9-19-11-6-5-10(29(16,24)25)7-12(11)27-15(19)17-13(20)8-18(2)28(3,22)23/h5-7H,4,8-9H2,1-3H3,(H2,16,24,25). The van der Waals surface area contributed by atoms with Crippen molar-refractivity contribution in [2.75, 3.05) is 26.5 Å². The van der Waals surface area contributed by atoms with Crippen LogP contribution in [0.15, 0.2) is 28.1 Å². The number of primary sulfonamides is 1. The van der Waals surface area contributed by atoms with Gasteiger partial charge in [-0.15, -0.1) is 0 Å². The van der Waals surface area contributed by atoms with Gasteiger partial charge in [-0.25, -0.2) is 22.0 Å². The van der Waals surface area contributed by atoms with E-state index in [2.05, 4.69) is 4.99 Å². The quantitative estimate of drug-likeness (QED) is 0.527. The first-order valence-corrected chi connectivity index (χ1v) is 12.3. The second kappa shape index (κ2) is 8.71. The van der Waals surface area contributed by atoms with Gasteiger partial charge in [-0.1, -0.05) is 11.3 Å². The minimum absolute atomic E-state index is 0.0894. The largest absolute Gasteiger partial charge is 0.465 e. The number of likely N-dealkylation sites (N-methyl/N-ethyl adjacent to an activating group) is 1. The Hall–Kier alpha value is -2.13. The van der Waals surface area contributed by atoms with E-state index < -0.39 is 38.5 Å². The predicted octanol–water partition coefficient (Wildman–Crippen LogP) is -0.768. The Morgan fingerprint density at radius 3 is 2.48 bits per heavy atom. The summed E-state index contributed by atoms with van der Waals surface area (Å²) in [6.07, 6.45) is 0.954. The summed E-state index contributed by atoms with van der Waals surface area (Å²) in [5.41, 5.74) is 0.443. The van der Waals surface area contributed by atoms with Crippen molar-refractivity contribution in [3.8, 4) is 0 Å². The molecule has 0 saturated heterocycles. The summed E-state index contributed by atoms with van der Waals surface area (Å²) in [5.74, 6) is -1.33. The van der Waals surface area contributed by atoms with Gasteiger partial charge in [0.15, 0.2) is 4.80 Å². The zero-order valence-electron chi connectivity index (χ0n) is 15.9. The highest BCUT2D eigenvalue weighted by atomic mass is 32.2. The maximum absolute atomic E-state index is 12.2. The molecule has 1 heterocycles. The molecule has 0 fully saturated rings. The van der Waals surface area contributed by atoms with Gasteiger partial charge in [0, 0.05) is 7.05 Å². The Bertz CT molecular complexity index is 1230. The van der Waals surface area contributed by atoms with Gasteiger partial charge in [0.1, 0.15) is 6.54 Å². The van der Waals surface area contributed by atoms with Crippen LogP contribution in [0.2, 0.25) is 0 Å². The molecule has 0 bridgehead atoms. The minimum Gasteiger partial charge on any atom is -0.465 e. The Balaban J connectivity index is 2.58. The molecule has 0 saturated carbocycles. The average molecular weight is 465 g/mol. The lowest BCUT2D eigenvalue weighted by Gasteiger charge is -2.10. The maximum atomic E-state index is 12.2. The summed E-state index contributed by atoms with van der Waals surface area (Å²) in [5, 5.41) is 5.15. The lowest BCUT2D eigenvalue weighted by atomic mass is 10.3. The fourth-order valence-electron chi connectivity index (χ4n) is 2.25. The predicted molar refractivity (Wildman–Crippen MR) is 106 cm³/mol. The second-order valence-electron chi connectivity index (χ2n) is 5.97. The summed E-state index contributed by atoms with van der Waals surface area (Å²) in [6, 6.07) is 4.02. The monoisotopic (exact) mass is 464 g/mol. The highest BCUT2D eigenvalue weighted by Crippen LogP contribution is 2.21. The molecule has 1 aromatic heterocycles. The van der Waals surface area contributed by atoms with Crippen LogP contribution in [0, 0.1) is 0 Å². The van der Waals surface area contributed by atoms with Crippen LogP contribution in [-0.2, 0) is 40.9 Å².